The van der Waals surface area contributed by atoms with Gasteiger partial charge in [-0.2, -0.15) is 0 Å². The Hall–Kier alpha value is -1.53. The number of nitrogens with one attached hydrogen (secondary N) is 1. The van der Waals surface area contributed by atoms with Gasteiger partial charge in [0.05, 0.1) is 28.5 Å². The minimum absolute atomic E-state index is 0.0331. The lowest BCUT2D eigenvalue weighted by molar-refractivity contribution is -0.119. The first kappa shape index (κ1) is 20.8. The van der Waals surface area contributed by atoms with E-state index in [-0.39, 0.29) is 17.3 Å². The van der Waals surface area contributed by atoms with Gasteiger partial charge in [0, 0.05) is 27.6 Å². The van der Waals surface area contributed by atoms with Gasteiger partial charge in [-0.3, -0.25) is 4.79 Å². The zero-order chi connectivity index (χ0) is 19.7. The summed E-state index contributed by atoms with van der Waals surface area (Å²) < 4.78 is 50.5. The molecule has 0 aromatic heterocycles. The van der Waals surface area contributed by atoms with Gasteiger partial charge in [0.15, 0.2) is 9.84 Å². The fourth-order valence-electron chi connectivity index (χ4n) is 2.83. The Morgan fingerprint density at radius 1 is 1.23 bits per heavy atom. The van der Waals surface area contributed by atoms with Crippen molar-refractivity contribution in [3.8, 4) is 0 Å². The van der Waals surface area contributed by atoms with E-state index in [2.05, 4.69) is 5.32 Å². The summed E-state index contributed by atoms with van der Waals surface area (Å²) in [6, 6.07) is 4.83. The van der Waals surface area contributed by atoms with E-state index in [0.29, 0.717) is 0 Å². The van der Waals surface area contributed by atoms with Crippen LogP contribution in [0.5, 0.6) is 0 Å². The summed E-state index contributed by atoms with van der Waals surface area (Å²) in [5.41, 5.74) is 0.721. The second-order valence-electron chi connectivity index (χ2n) is 6.39. The van der Waals surface area contributed by atoms with Crippen LogP contribution in [0.3, 0.4) is 0 Å². The van der Waals surface area contributed by atoms with Gasteiger partial charge in [0.25, 0.3) is 10.0 Å². The van der Waals surface area contributed by atoms with Crippen LogP contribution >= 0.6 is 0 Å². The van der Waals surface area contributed by atoms with Gasteiger partial charge in [-0.25, -0.2) is 21.8 Å². The molecule has 2 N–H and O–H groups in total. The monoisotopic (exact) mass is 405 g/mol. The van der Waals surface area contributed by atoms with Crippen LogP contribution in [-0.2, 0) is 31.2 Å². The summed E-state index contributed by atoms with van der Waals surface area (Å²) >= 11 is 0. The van der Waals surface area contributed by atoms with Gasteiger partial charge in [-0.1, -0.05) is 12.1 Å². The minimum atomic E-state index is -4.07. The Kier molecular flexibility index (Phi) is 6.08. The maximum absolute atomic E-state index is 13.0. The lowest BCUT2D eigenvalue weighted by Crippen LogP contribution is -2.53. The quantitative estimate of drug-likeness (QED) is 0.579. The fraction of sp³-hybridized carbons (Fsp3) is 0.533. The second-order valence-corrected chi connectivity index (χ2v) is 10.3. The van der Waals surface area contributed by atoms with Crippen molar-refractivity contribution in [3.05, 3.63) is 29.8 Å². The van der Waals surface area contributed by atoms with Crippen molar-refractivity contribution in [2.45, 2.75) is 30.5 Å². The van der Waals surface area contributed by atoms with E-state index < -0.39 is 43.5 Å². The molecule has 0 spiro atoms. The lowest BCUT2D eigenvalue weighted by Gasteiger charge is -2.34. The van der Waals surface area contributed by atoms with Gasteiger partial charge in [-0.05, 0) is 17.7 Å². The molecule has 1 aliphatic rings. The number of benzene rings is 1. The maximum Gasteiger partial charge on any atom is 0.256 e. The molecule has 0 aliphatic carbocycles. The summed E-state index contributed by atoms with van der Waals surface area (Å²) in [5, 5.41) is 13.9. The van der Waals surface area contributed by atoms with E-state index in [0.717, 1.165) is 9.98 Å². The molecule has 1 heterocycles. The van der Waals surface area contributed by atoms with E-state index in [9.17, 15) is 26.7 Å². The van der Waals surface area contributed by atoms with Crippen molar-refractivity contribution < 1.29 is 26.7 Å². The van der Waals surface area contributed by atoms with Gasteiger partial charge in [0.1, 0.15) is 0 Å². The minimum Gasteiger partial charge on any atom is -0.390 e. The molecule has 0 radical (unpaired) electrons. The second kappa shape index (κ2) is 7.61. The summed E-state index contributed by atoms with van der Waals surface area (Å²) in [4.78, 5) is 10.9. The van der Waals surface area contributed by atoms with Crippen LogP contribution in [0, 0.1) is 0 Å². The summed E-state index contributed by atoms with van der Waals surface area (Å²) in [5.74, 6) is -1.10. The number of rotatable bonds is 6. The van der Waals surface area contributed by atoms with Gasteiger partial charge < -0.3 is 10.4 Å². The molecule has 2 rings (SSSR count). The third kappa shape index (κ3) is 4.60. The van der Waals surface area contributed by atoms with Crippen molar-refractivity contribution in [1.82, 2.24) is 14.7 Å². The summed E-state index contributed by atoms with van der Waals surface area (Å²) in [7, 11) is -4.63. The van der Waals surface area contributed by atoms with Crippen molar-refractivity contribution in [2.75, 3.05) is 25.6 Å². The number of carbonyl (C=O) groups is 1. The van der Waals surface area contributed by atoms with Crippen LogP contribution in [0.15, 0.2) is 29.2 Å². The smallest absolute Gasteiger partial charge is 0.256 e. The molecule has 0 saturated carbocycles. The first-order chi connectivity index (χ1) is 11.9. The molecule has 9 nitrogen and oxygen atoms in total. The average Bonchev–Trinajstić information content (AvgIpc) is 2.77. The molecular formula is C15H23N3O6S2. The number of sulfone groups is 1. The zero-order valence-electron chi connectivity index (χ0n) is 14.8. The Labute approximate surface area is 153 Å². The van der Waals surface area contributed by atoms with Crippen LogP contribution in [0.4, 0.5) is 0 Å². The molecule has 1 saturated heterocycles. The number of hydrazine groups is 1. The van der Waals surface area contributed by atoms with Crippen molar-refractivity contribution in [3.63, 3.8) is 0 Å². The third-order valence-electron chi connectivity index (χ3n) is 3.98. The number of hydrogen-bond acceptors (Lipinski definition) is 7. The topological polar surface area (TPSA) is 124 Å². The van der Waals surface area contributed by atoms with Crippen molar-refractivity contribution >= 4 is 25.8 Å². The number of carbonyl (C=O) groups excluding carboxylic acids is 1. The van der Waals surface area contributed by atoms with Crippen molar-refractivity contribution in [2.24, 2.45) is 0 Å². The highest BCUT2D eigenvalue weighted by Crippen LogP contribution is 2.26. The van der Waals surface area contributed by atoms with Gasteiger partial charge in [0.2, 0.25) is 5.91 Å². The zero-order valence-corrected chi connectivity index (χ0v) is 16.4. The highest BCUT2D eigenvalue weighted by molar-refractivity contribution is 7.92. The van der Waals surface area contributed by atoms with E-state index in [4.69, 9.17) is 0 Å². The summed E-state index contributed by atoms with van der Waals surface area (Å²) in [6.45, 7) is 1.65. The van der Waals surface area contributed by atoms with Crippen LogP contribution in [0.1, 0.15) is 12.5 Å². The number of sulfonamides is 1. The van der Waals surface area contributed by atoms with E-state index in [1.165, 1.54) is 38.2 Å². The number of nitrogens with zero attached hydrogens (tertiary/aromatic N) is 2. The Balaban J connectivity index is 2.32. The lowest BCUT2D eigenvalue weighted by atomic mass is 10.2. The molecule has 1 aromatic rings. The van der Waals surface area contributed by atoms with Crippen LogP contribution in [0.25, 0.3) is 0 Å². The SMILES string of the molecule is CC(=O)NCc1ccc(S(=O)(=O)N([C@H]2CS(=O)(=O)C[C@@H]2O)N(C)C)cc1. The molecular weight excluding hydrogens is 382 g/mol. The normalized spacial score (nSPS) is 22.7. The number of hydrogen-bond donors (Lipinski definition) is 2. The number of aliphatic hydroxyl groups excluding tert-OH is 1. The highest BCUT2D eigenvalue weighted by atomic mass is 32.2. The molecule has 1 amide bonds. The Bertz CT molecular complexity index is 865. The van der Waals surface area contributed by atoms with Crippen LogP contribution in [0.2, 0.25) is 0 Å². The molecule has 1 aliphatic heterocycles. The predicted octanol–water partition coefficient (Wildman–Crippen LogP) is -1.05. The summed E-state index contributed by atoms with van der Waals surface area (Å²) in [6.07, 6.45) is -1.30. The van der Waals surface area contributed by atoms with Crippen molar-refractivity contribution in [1.29, 1.82) is 0 Å². The van der Waals surface area contributed by atoms with Crippen LogP contribution < -0.4 is 5.32 Å². The van der Waals surface area contributed by atoms with E-state index in [1.807, 2.05) is 0 Å². The van der Waals surface area contributed by atoms with E-state index in [1.54, 1.807) is 12.1 Å². The fourth-order valence-corrected chi connectivity index (χ4v) is 6.38. The Morgan fingerprint density at radius 3 is 2.23 bits per heavy atom. The number of aliphatic hydroxyl groups is 1. The largest absolute Gasteiger partial charge is 0.390 e. The van der Waals surface area contributed by atoms with Gasteiger partial charge in [-0.15, -0.1) is 4.41 Å². The molecule has 11 heteroatoms. The molecule has 26 heavy (non-hydrogen) atoms. The van der Waals surface area contributed by atoms with E-state index >= 15 is 0 Å². The average molecular weight is 405 g/mol. The first-order valence-electron chi connectivity index (χ1n) is 7.87. The highest BCUT2D eigenvalue weighted by Gasteiger charge is 2.46. The molecule has 146 valence electrons. The Morgan fingerprint density at radius 2 is 1.81 bits per heavy atom. The first-order valence-corrected chi connectivity index (χ1v) is 11.1. The molecule has 1 fully saturated rings. The number of amides is 1. The molecule has 1 aromatic carbocycles. The predicted molar refractivity (Wildman–Crippen MR) is 95.1 cm³/mol. The van der Waals surface area contributed by atoms with Crippen LogP contribution in [-0.4, -0.2) is 75.0 Å². The van der Waals surface area contributed by atoms with Gasteiger partial charge >= 0.3 is 0 Å². The molecule has 0 bridgehead atoms. The maximum atomic E-state index is 13.0. The molecule has 2 atom stereocenters. The third-order valence-corrected chi connectivity index (χ3v) is 7.64. The molecule has 0 unspecified atom stereocenters. The standard InChI is InChI=1S/C15H23N3O6S2/c1-11(19)16-8-12-4-6-13(7-5-12)26(23,24)18(17(2)3)14-9-25(21,22)10-15(14)20/h4-7,14-15,20H,8-10H2,1-3H3,(H,16,19)/t14-,15-/m0/s1.